The van der Waals surface area contributed by atoms with Gasteiger partial charge in [-0.2, -0.15) is 0 Å². The van der Waals surface area contributed by atoms with Crippen LogP contribution in [0.2, 0.25) is 0 Å². The molecule has 0 aromatic heterocycles. The third-order valence-corrected chi connectivity index (χ3v) is 2.22. The molecule has 0 aromatic rings. The second kappa shape index (κ2) is 10.8. The SMILES string of the molecule is [N-]=[N+]=NCCOC(CI)OCCI. The highest BCUT2D eigenvalue weighted by Crippen LogP contribution is 2.00. The third-order valence-electron chi connectivity index (χ3n) is 1.07. The molecule has 1 atom stereocenters. The minimum atomic E-state index is -0.177. The molecule has 5 nitrogen and oxygen atoms in total. The van der Waals surface area contributed by atoms with E-state index in [1.807, 2.05) is 0 Å². The van der Waals surface area contributed by atoms with Crippen LogP contribution in [0.5, 0.6) is 0 Å². The van der Waals surface area contributed by atoms with Gasteiger partial charge in [-0.15, -0.1) is 0 Å². The maximum absolute atomic E-state index is 8.00. The molecule has 76 valence electrons. The molecule has 7 heteroatoms. The van der Waals surface area contributed by atoms with Crippen molar-refractivity contribution >= 4 is 45.2 Å². The summed E-state index contributed by atoms with van der Waals surface area (Å²) in [4.78, 5) is 2.62. The van der Waals surface area contributed by atoms with Crippen molar-refractivity contribution in [1.82, 2.24) is 0 Å². The maximum Gasteiger partial charge on any atom is 0.166 e. The van der Waals surface area contributed by atoms with Crippen molar-refractivity contribution in [3.8, 4) is 0 Å². The van der Waals surface area contributed by atoms with Crippen LogP contribution < -0.4 is 0 Å². The average molecular weight is 411 g/mol. The quantitative estimate of drug-likeness (QED) is 0.117. The Bertz CT molecular complexity index is 164. The lowest BCUT2D eigenvalue weighted by molar-refractivity contribution is -0.118. The van der Waals surface area contributed by atoms with Gasteiger partial charge in [0.15, 0.2) is 6.29 Å². The third kappa shape index (κ3) is 9.01. The van der Waals surface area contributed by atoms with Gasteiger partial charge < -0.3 is 9.47 Å². The zero-order chi connectivity index (χ0) is 9.94. The van der Waals surface area contributed by atoms with Gasteiger partial charge in [0.05, 0.1) is 17.6 Å². The van der Waals surface area contributed by atoms with Crippen LogP contribution in [-0.2, 0) is 9.47 Å². The van der Waals surface area contributed by atoms with Crippen molar-refractivity contribution in [3.05, 3.63) is 10.4 Å². The van der Waals surface area contributed by atoms with Crippen LogP contribution >= 0.6 is 45.2 Å². The second-order valence-electron chi connectivity index (χ2n) is 1.97. The molecule has 0 spiro atoms. The topological polar surface area (TPSA) is 67.2 Å². The Morgan fingerprint density at radius 3 is 2.54 bits per heavy atom. The molecule has 0 saturated heterocycles. The molecule has 0 fully saturated rings. The normalized spacial score (nSPS) is 12.2. The van der Waals surface area contributed by atoms with E-state index in [1.165, 1.54) is 0 Å². The largest absolute Gasteiger partial charge is 0.352 e. The first-order valence-electron chi connectivity index (χ1n) is 3.71. The Balaban J connectivity index is 3.41. The van der Waals surface area contributed by atoms with E-state index in [2.05, 4.69) is 55.2 Å². The Hall–Kier alpha value is 0.690. The minimum absolute atomic E-state index is 0.177. The van der Waals surface area contributed by atoms with E-state index in [0.717, 1.165) is 8.86 Å². The smallest absolute Gasteiger partial charge is 0.166 e. The van der Waals surface area contributed by atoms with Gasteiger partial charge in [-0.25, -0.2) is 0 Å². The Kier molecular flexibility index (Phi) is 11.3. The molecule has 0 radical (unpaired) electrons. The number of halogens is 2. The molecule has 0 rings (SSSR count). The number of hydrogen-bond acceptors (Lipinski definition) is 3. The summed E-state index contributed by atoms with van der Waals surface area (Å²) < 4.78 is 12.4. The molecule has 0 aliphatic carbocycles. The van der Waals surface area contributed by atoms with E-state index in [4.69, 9.17) is 15.0 Å². The van der Waals surface area contributed by atoms with Crippen molar-refractivity contribution in [1.29, 1.82) is 0 Å². The zero-order valence-electron chi connectivity index (χ0n) is 7.03. The van der Waals surface area contributed by atoms with Gasteiger partial charge in [0.2, 0.25) is 0 Å². The van der Waals surface area contributed by atoms with Crippen LogP contribution in [0.1, 0.15) is 0 Å². The number of azide groups is 1. The lowest BCUT2D eigenvalue weighted by Crippen LogP contribution is -2.21. The van der Waals surface area contributed by atoms with E-state index in [-0.39, 0.29) is 6.29 Å². The number of ether oxygens (including phenoxy) is 2. The number of rotatable bonds is 8. The van der Waals surface area contributed by atoms with Crippen LogP contribution in [0.4, 0.5) is 0 Å². The van der Waals surface area contributed by atoms with Crippen molar-refractivity contribution < 1.29 is 9.47 Å². The van der Waals surface area contributed by atoms with Crippen LogP contribution in [0.15, 0.2) is 5.11 Å². The lowest BCUT2D eigenvalue weighted by atomic mass is 10.7. The van der Waals surface area contributed by atoms with Crippen LogP contribution in [0.3, 0.4) is 0 Å². The summed E-state index contributed by atoms with van der Waals surface area (Å²) in [5, 5.41) is 3.35. The molecule has 1 unspecified atom stereocenters. The highest BCUT2D eigenvalue weighted by molar-refractivity contribution is 14.1. The molecule has 0 aliphatic heterocycles. The summed E-state index contributed by atoms with van der Waals surface area (Å²) in [5.41, 5.74) is 8.00. The first kappa shape index (κ1) is 13.7. The van der Waals surface area contributed by atoms with E-state index in [9.17, 15) is 0 Å². The number of alkyl halides is 2. The van der Waals surface area contributed by atoms with Gasteiger partial charge in [-0.05, 0) is 5.53 Å². The van der Waals surface area contributed by atoms with Gasteiger partial charge in [-0.1, -0.05) is 50.3 Å². The molecule has 0 aliphatic rings. The molecule has 0 heterocycles. The van der Waals surface area contributed by atoms with Crippen LogP contribution in [0.25, 0.3) is 10.4 Å². The monoisotopic (exact) mass is 411 g/mol. The summed E-state index contributed by atoms with van der Waals surface area (Å²) in [7, 11) is 0. The Labute approximate surface area is 104 Å². The Morgan fingerprint density at radius 1 is 1.31 bits per heavy atom. The van der Waals surface area contributed by atoms with Crippen molar-refractivity contribution in [2.75, 3.05) is 28.6 Å². The van der Waals surface area contributed by atoms with E-state index < -0.39 is 0 Å². The fourth-order valence-electron chi connectivity index (χ4n) is 0.583. The van der Waals surface area contributed by atoms with Crippen molar-refractivity contribution in [2.24, 2.45) is 5.11 Å². The first-order valence-corrected chi connectivity index (χ1v) is 6.76. The van der Waals surface area contributed by atoms with Crippen molar-refractivity contribution in [3.63, 3.8) is 0 Å². The summed E-state index contributed by atoms with van der Waals surface area (Å²) in [6.45, 7) is 1.46. The number of nitrogens with zero attached hydrogens (tertiary/aromatic N) is 3. The highest BCUT2D eigenvalue weighted by atomic mass is 127. The molecular weight excluding hydrogens is 400 g/mol. The highest BCUT2D eigenvalue weighted by Gasteiger charge is 2.05. The van der Waals surface area contributed by atoms with E-state index in [1.54, 1.807) is 0 Å². The van der Waals surface area contributed by atoms with Crippen molar-refractivity contribution in [2.45, 2.75) is 6.29 Å². The zero-order valence-corrected chi connectivity index (χ0v) is 11.3. The molecule has 0 bridgehead atoms. The summed E-state index contributed by atoms with van der Waals surface area (Å²) >= 11 is 4.43. The molecule has 0 N–H and O–H groups in total. The molecular formula is C6H11I2N3O2. The predicted molar refractivity (Wildman–Crippen MR) is 67.5 cm³/mol. The lowest BCUT2D eigenvalue weighted by Gasteiger charge is -2.14. The molecule has 0 saturated carbocycles. The van der Waals surface area contributed by atoms with E-state index >= 15 is 0 Å². The summed E-state index contributed by atoms with van der Waals surface area (Å²) in [6, 6.07) is 0. The average Bonchev–Trinajstić information content (AvgIpc) is 2.17. The molecule has 13 heavy (non-hydrogen) atoms. The fraction of sp³-hybridized carbons (Fsp3) is 1.00. The van der Waals surface area contributed by atoms with Crippen LogP contribution in [0, 0.1) is 0 Å². The Morgan fingerprint density at radius 2 is 2.00 bits per heavy atom. The number of hydrogen-bond donors (Lipinski definition) is 0. The minimum Gasteiger partial charge on any atom is -0.352 e. The van der Waals surface area contributed by atoms with E-state index in [0.29, 0.717) is 19.8 Å². The fourth-order valence-corrected chi connectivity index (χ4v) is 1.35. The van der Waals surface area contributed by atoms with Gasteiger partial charge in [-0.3, -0.25) is 0 Å². The standard InChI is InChI=1S/C6H11I2N3O2/c7-1-3-12-6(5-8)13-4-2-10-11-9/h6H,1-5H2. The van der Waals surface area contributed by atoms with Gasteiger partial charge >= 0.3 is 0 Å². The molecule has 0 aromatic carbocycles. The first-order chi connectivity index (χ1) is 6.35. The summed E-state index contributed by atoms with van der Waals surface area (Å²) in [6.07, 6.45) is -0.177. The maximum atomic E-state index is 8.00. The van der Waals surface area contributed by atoms with Gasteiger partial charge in [0.25, 0.3) is 0 Å². The molecule has 0 amide bonds. The predicted octanol–water partition coefficient (Wildman–Crippen LogP) is 2.53. The van der Waals surface area contributed by atoms with Gasteiger partial charge in [0, 0.05) is 15.9 Å². The van der Waals surface area contributed by atoms with Gasteiger partial charge in [0.1, 0.15) is 0 Å². The second-order valence-corrected chi connectivity index (χ2v) is 3.93. The summed E-state index contributed by atoms with van der Waals surface area (Å²) in [5.74, 6) is 0. The van der Waals surface area contributed by atoms with Crippen LogP contribution in [-0.4, -0.2) is 34.9 Å².